The Labute approximate surface area is 93.7 Å². The van der Waals surface area contributed by atoms with Gasteiger partial charge in [0.25, 0.3) is 0 Å². The summed E-state index contributed by atoms with van der Waals surface area (Å²) in [6.45, 7) is 0.547. The summed E-state index contributed by atoms with van der Waals surface area (Å²) < 4.78 is 5.11. The van der Waals surface area contributed by atoms with Crippen LogP contribution in [0.4, 0.5) is 4.79 Å². The molecule has 1 aromatic rings. The lowest BCUT2D eigenvalue weighted by molar-refractivity contribution is -0.00871. The maximum absolute atomic E-state index is 11.7. The van der Waals surface area contributed by atoms with E-state index in [0.717, 1.165) is 12.8 Å². The number of hydrogen-bond donors (Lipinski definition) is 1. The summed E-state index contributed by atoms with van der Waals surface area (Å²) in [5, 5.41) is 9.63. The first-order chi connectivity index (χ1) is 7.77. The highest BCUT2D eigenvalue weighted by atomic mass is 16.6. The third-order valence-electron chi connectivity index (χ3n) is 2.56. The number of rotatable bonds is 1. The summed E-state index contributed by atoms with van der Waals surface area (Å²) in [5.74, 6) is 0.442. The molecule has 1 aliphatic heterocycles. The molecule has 0 aromatic carbocycles. The fraction of sp³-hybridized carbons (Fsp3) is 0.455. The number of hydrogen-bond acceptors (Lipinski definition) is 4. The van der Waals surface area contributed by atoms with Crippen molar-refractivity contribution < 1.29 is 14.6 Å². The maximum Gasteiger partial charge on any atom is 0.417 e. The van der Waals surface area contributed by atoms with E-state index in [9.17, 15) is 9.90 Å². The van der Waals surface area contributed by atoms with Gasteiger partial charge >= 0.3 is 6.09 Å². The quantitative estimate of drug-likeness (QED) is 0.779. The smallest absolute Gasteiger partial charge is 0.410 e. The van der Waals surface area contributed by atoms with Crippen LogP contribution in [0.25, 0.3) is 0 Å². The molecule has 5 heteroatoms. The van der Waals surface area contributed by atoms with Gasteiger partial charge in [-0.05, 0) is 31.4 Å². The molecule has 0 aliphatic carbocycles. The number of carbonyl (C=O) groups excluding carboxylic acids is 1. The second-order valence-corrected chi connectivity index (χ2v) is 3.72. The second kappa shape index (κ2) is 4.94. The normalized spacial score (nSPS) is 20.6. The van der Waals surface area contributed by atoms with E-state index in [0.29, 0.717) is 18.7 Å². The Morgan fingerprint density at radius 2 is 2.19 bits per heavy atom. The average molecular weight is 222 g/mol. The molecule has 1 amide bonds. The molecule has 0 saturated carbocycles. The third-order valence-corrected chi connectivity index (χ3v) is 2.56. The molecule has 86 valence electrons. The lowest BCUT2D eigenvalue weighted by Crippen LogP contribution is -2.45. The Kier molecular flexibility index (Phi) is 3.36. The molecule has 1 unspecified atom stereocenters. The van der Waals surface area contributed by atoms with Crippen molar-refractivity contribution in [1.82, 2.24) is 9.88 Å². The van der Waals surface area contributed by atoms with Gasteiger partial charge in [-0.3, -0.25) is 9.88 Å². The van der Waals surface area contributed by atoms with Crippen LogP contribution in [0.15, 0.2) is 24.5 Å². The van der Waals surface area contributed by atoms with Crippen LogP contribution in [-0.2, 0) is 0 Å². The van der Waals surface area contributed by atoms with Crippen molar-refractivity contribution in [2.24, 2.45) is 0 Å². The fourth-order valence-corrected chi connectivity index (χ4v) is 1.69. The van der Waals surface area contributed by atoms with Crippen LogP contribution in [0.1, 0.15) is 19.3 Å². The average Bonchev–Trinajstić information content (AvgIpc) is 2.31. The number of carbonyl (C=O) groups is 1. The molecule has 5 nitrogen and oxygen atoms in total. The number of pyridine rings is 1. The molecule has 0 spiro atoms. The zero-order chi connectivity index (χ0) is 11.4. The fourth-order valence-electron chi connectivity index (χ4n) is 1.69. The first kappa shape index (κ1) is 10.9. The minimum Gasteiger partial charge on any atom is -0.410 e. The van der Waals surface area contributed by atoms with E-state index in [1.807, 2.05) is 0 Å². The number of nitrogens with zero attached hydrogens (tertiary/aromatic N) is 2. The summed E-state index contributed by atoms with van der Waals surface area (Å²) >= 11 is 0. The zero-order valence-electron chi connectivity index (χ0n) is 8.87. The van der Waals surface area contributed by atoms with Crippen LogP contribution in [0.2, 0.25) is 0 Å². The van der Waals surface area contributed by atoms with Crippen LogP contribution in [0.5, 0.6) is 5.75 Å². The second-order valence-electron chi connectivity index (χ2n) is 3.72. The van der Waals surface area contributed by atoms with E-state index in [2.05, 4.69) is 4.98 Å². The predicted molar refractivity (Wildman–Crippen MR) is 56.8 cm³/mol. The molecule has 1 fully saturated rings. The Bertz CT molecular complexity index is 356. The van der Waals surface area contributed by atoms with E-state index < -0.39 is 12.3 Å². The van der Waals surface area contributed by atoms with Gasteiger partial charge in [0, 0.05) is 18.9 Å². The number of piperidine rings is 1. The molecule has 0 radical (unpaired) electrons. The highest BCUT2D eigenvalue weighted by molar-refractivity contribution is 5.70. The number of aliphatic hydroxyl groups excluding tert-OH is 1. The van der Waals surface area contributed by atoms with Gasteiger partial charge in [0.15, 0.2) is 0 Å². The van der Waals surface area contributed by atoms with Gasteiger partial charge in [-0.15, -0.1) is 0 Å². The maximum atomic E-state index is 11.7. The minimum absolute atomic E-state index is 0.442. The molecule has 0 bridgehead atoms. The molecule has 1 aromatic heterocycles. The first-order valence-corrected chi connectivity index (χ1v) is 5.34. The number of aliphatic hydroxyl groups is 1. The van der Waals surface area contributed by atoms with Gasteiger partial charge in [0.2, 0.25) is 0 Å². The third kappa shape index (κ3) is 2.49. The standard InChI is InChI=1S/C11H14N2O3/c14-10-3-1-2-8-13(10)11(15)16-9-4-6-12-7-5-9/h4-7,10,14H,1-3,8H2. The lowest BCUT2D eigenvalue weighted by atomic mass is 10.1. The Balaban J connectivity index is 1.97. The van der Waals surface area contributed by atoms with E-state index in [4.69, 9.17) is 4.74 Å². The molecule has 1 saturated heterocycles. The molecule has 2 heterocycles. The summed E-state index contributed by atoms with van der Waals surface area (Å²) in [6, 6.07) is 3.21. The molecule has 1 N–H and O–H groups in total. The van der Waals surface area contributed by atoms with Gasteiger partial charge in [-0.2, -0.15) is 0 Å². The number of amides is 1. The Morgan fingerprint density at radius 3 is 2.88 bits per heavy atom. The topological polar surface area (TPSA) is 62.7 Å². The van der Waals surface area contributed by atoms with Crippen LogP contribution >= 0.6 is 0 Å². The molecule has 1 aliphatic rings. The van der Waals surface area contributed by atoms with Crippen molar-refractivity contribution in [3.8, 4) is 5.75 Å². The van der Waals surface area contributed by atoms with E-state index in [-0.39, 0.29) is 0 Å². The highest BCUT2D eigenvalue weighted by Crippen LogP contribution is 2.17. The summed E-state index contributed by atoms with van der Waals surface area (Å²) in [6.07, 6.45) is 4.35. The minimum atomic E-state index is -0.719. The summed E-state index contributed by atoms with van der Waals surface area (Å²) in [4.78, 5) is 16.9. The van der Waals surface area contributed by atoms with Crippen molar-refractivity contribution in [1.29, 1.82) is 0 Å². The van der Waals surface area contributed by atoms with Crippen LogP contribution < -0.4 is 4.74 Å². The van der Waals surface area contributed by atoms with E-state index in [1.54, 1.807) is 24.5 Å². The predicted octanol–water partition coefficient (Wildman–Crippen LogP) is 1.38. The van der Waals surface area contributed by atoms with Crippen molar-refractivity contribution in [3.63, 3.8) is 0 Å². The van der Waals surface area contributed by atoms with Crippen molar-refractivity contribution in [2.45, 2.75) is 25.5 Å². The zero-order valence-corrected chi connectivity index (χ0v) is 8.87. The molecular weight excluding hydrogens is 208 g/mol. The van der Waals surface area contributed by atoms with E-state index in [1.165, 1.54) is 4.90 Å². The van der Waals surface area contributed by atoms with E-state index >= 15 is 0 Å². The molecule has 16 heavy (non-hydrogen) atoms. The lowest BCUT2D eigenvalue weighted by Gasteiger charge is -2.30. The Morgan fingerprint density at radius 1 is 1.44 bits per heavy atom. The van der Waals surface area contributed by atoms with Crippen molar-refractivity contribution >= 4 is 6.09 Å². The van der Waals surface area contributed by atoms with Gasteiger partial charge in [-0.25, -0.2) is 4.79 Å². The van der Waals surface area contributed by atoms with Gasteiger partial charge in [0.1, 0.15) is 12.0 Å². The molecule has 1 atom stereocenters. The largest absolute Gasteiger partial charge is 0.417 e. The van der Waals surface area contributed by atoms with Gasteiger partial charge in [0.05, 0.1) is 0 Å². The monoisotopic (exact) mass is 222 g/mol. The SMILES string of the molecule is O=C(Oc1ccncc1)N1CCCCC1O. The number of ether oxygens (including phenoxy) is 1. The van der Waals surface area contributed by atoms with Gasteiger partial charge < -0.3 is 9.84 Å². The number of aromatic nitrogens is 1. The molecular formula is C11H14N2O3. The van der Waals surface area contributed by atoms with Gasteiger partial charge in [-0.1, -0.05) is 0 Å². The Hall–Kier alpha value is -1.62. The van der Waals surface area contributed by atoms with Crippen molar-refractivity contribution in [3.05, 3.63) is 24.5 Å². The summed E-state index contributed by atoms with van der Waals surface area (Å²) in [7, 11) is 0. The van der Waals surface area contributed by atoms with Crippen molar-refractivity contribution in [2.75, 3.05) is 6.54 Å². The first-order valence-electron chi connectivity index (χ1n) is 5.34. The highest BCUT2D eigenvalue weighted by Gasteiger charge is 2.26. The van der Waals surface area contributed by atoms with Crippen LogP contribution in [0.3, 0.4) is 0 Å². The van der Waals surface area contributed by atoms with Crippen LogP contribution in [-0.4, -0.2) is 33.9 Å². The van der Waals surface area contributed by atoms with Crippen LogP contribution in [0, 0.1) is 0 Å². The number of likely N-dealkylation sites (tertiary alicyclic amines) is 1. The molecule has 2 rings (SSSR count). The summed E-state index contributed by atoms with van der Waals surface area (Å²) in [5.41, 5.74) is 0.